The van der Waals surface area contributed by atoms with Gasteiger partial charge in [0.25, 0.3) is 0 Å². The molecule has 492 valence electrons. The normalized spacial score (nSPS) is 11.9. The van der Waals surface area contributed by atoms with Crippen LogP contribution in [0, 0.1) is 83.1 Å². The van der Waals surface area contributed by atoms with Gasteiger partial charge in [0.1, 0.15) is 34.5 Å². The Kier molecular flexibility index (Phi) is 18.2. The molecule has 0 saturated heterocycles. The second-order valence-electron chi connectivity index (χ2n) is 26.9. The largest absolute Gasteiger partial charge is 0.508 e. The van der Waals surface area contributed by atoms with Crippen molar-refractivity contribution in [1.82, 2.24) is 0 Å². The third kappa shape index (κ3) is 12.0. The number of aryl methyl sites for hydroxylation is 12. The Hall–Kier alpha value is -10.2. The first-order valence-corrected chi connectivity index (χ1v) is 31.9. The van der Waals surface area contributed by atoms with Crippen molar-refractivity contribution in [3.63, 3.8) is 0 Å². The first kappa shape index (κ1) is 67.7. The lowest BCUT2D eigenvalue weighted by molar-refractivity contribution is 0.367. The minimum Gasteiger partial charge on any atom is -0.508 e. The summed E-state index contributed by atoms with van der Waals surface area (Å²) in [5.41, 5.74) is 16.7. The fraction of sp³-hybridized carbons (Fsp3) is 0.277. The lowest BCUT2D eigenvalue weighted by atomic mass is 9.67. The zero-order valence-corrected chi connectivity index (χ0v) is 57.7. The van der Waals surface area contributed by atoms with E-state index >= 15 is 0 Å². The molecule has 12 nitrogen and oxygen atoms in total. The van der Waals surface area contributed by atoms with Crippen molar-refractivity contribution in [2.24, 2.45) is 0 Å². The minimum absolute atomic E-state index is 0.0480. The first-order valence-electron chi connectivity index (χ1n) is 31.9. The van der Waals surface area contributed by atoms with Gasteiger partial charge in [0, 0.05) is 45.3 Å². The zero-order chi connectivity index (χ0) is 69.3. The SMILES string of the molecule is COc1cc(C(C)(C)c2ccc(C(C)(c3cc(OC)c(O)c(C(c4cc(C)c(O)cc4C)c4cc(C)c(O)cc4C)c3)c3cc(OC)c(O)c(C(c4cc(C)c(O)cc4C)c4cc(C)c(O)cc4C)c3)cc2)cc(C(c2cc(C)c(O)cc2C)c2cc(C)c(O)cc2C)c1O. The number of ether oxygens (including phenoxy) is 3. The Bertz CT molecular complexity index is 4340. The van der Waals surface area contributed by atoms with Crippen LogP contribution in [0.4, 0.5) is 0 Å². The molecule has 95 heavy (non-hydrogen) atoms. The fourth-order valence-electron chi connectivity index (χ4n) is 14.2. The van der Waals surface area contributed by atoms with Gasteiger partial charge in [-0.25, -0.2) is 0 Å². The van der Waals surface area contributed by atoms with E-state index in [9.17, 15) is 46.0 Å². The number of methoxy groups -OCH3 is 3. The Morgan fingerprint density at radius 3 is 0.684 bits per heavy atom. The van der Waals surface area contributed by atoms with Gasteiger partial charge in [0.05, 0.1) is 21.3 Å². The average molecular weight is 1280 g/mol. The van der Waals surface area contributed by atoms with Crippen molar-refractivity contribution in [3.8, 4) is 69.0 Å². The number of hydrogen-bond acceptors (Lipinski definition) is 12. The Balaban J connectivity index is 1.27. The number of hydrogen-bond donors (Lipinski definition) is 9. The molecule has 0 heterocycles. The van der Waals surface area contributed by atoms with Crippen LogP contribution in [0.3, 0.4) is 0 Å². The fourth-order valence-corrected chi connectivity index (χ4v) is 14.2. The summed E-state index contributed by atoms with van der Waals surface area (Å²) < 4.78 is 18.5. The van der Waals surface area contributed by atoms with Crippen molar-refractivity contribution >= 4 is 0 Å². The summed E-state index contributed by atoms with van der Waals surface area (Å²) in [4.78, 5) is 0. The Labute approximate surface area is 558 Å². The van der Waals surface area contributed by atoms with E-state index in [1.807, 2.05) is 156 Å². The van der Waals surface area contributed by atoms with Crippen LogP contribution in [0.25, 0.3) is 0 Å². The van der Waals surface area contributed by atoms with Crippen LogP contribution in [0.2, 0.25) is 0 Å². The summed E-state index contributed by atoms with van der Waals surface area (Å²) in [7, 11) is 4.56. The van der Waals surface area contributed by atoms with E-state index in [1.165, 1.54) is 21.3 Å². The van der Waals surface area contributed by atoms with E-state index in [-0.39, 0.29) is 69.0 Å². The lowest BCUT2D eigenvalue weighted by Gasteiger charge is -2.36. The highest BCUT2D eigenvalue weighted by Crippen LogP contribution is 2.54. The molecule has 0 aromatic heterocycles. The maximum Gasteiger partial charge on any atom is 0.161 e. The molecule has 0 bridgehead atoms. The highest BCUT2D eigenvalue weighted by molar-refractivity contribution is 5.68. The molecule has 0 aliphatic rings. The highest BCUT2D eigenvalue weighted by Gasteiger charge is 2.40. The summed E-state index contributed by atoms with van der Waals surface area (Å²) in [6.07, 6.45) is 0. The molecular formula is C83H88O12. The predicted molar refractivity (Wildman–Crippen MR) is 376 cm³/mol. The van der Waals surface area contributed by atoms with E-state index in [0.29, 0.717) is 61.2 Å². The molecule has 9 N–H and O–H groups in total. The molecule has 0 fully saturated rings. The van der Waals surface area contributed by atoms with Crippen LogP contribution < -0.4 is 14.2 Å². The number of benzene rings is 10. The summed E-state index contributed by atoms with van der Waals surface area (Å²) in [6.45, 7) is 28.9. The molecule has 0 radical (unpaired) electrons. The first-order chi connectivity index (χ1) is 44.7. The van der Waals surface area contributed by atoms with Crippen LogP contribution in [-0.2, 0) is 10.8 Å². The van der Waals surface area contributed by atoms with Crippen LogP contribution in [-0.4, -0.2) is 67.3 Å². The van der Waals surface area contributed by atoms with Gasteiger partial charge in [0.2, 0.25) is 0 Å². The molecule has 12 heteroatoms. The second kappa shape index (κ2) is 25.6. The van der Waals surface area contributed by atoms with Crippen molar-refractivity contribution in [2.75, 3.05) is 21.3 Å². The van der Waals surface area contributed by atoms with E-state index < -0.39 is 28.6 Å². The molecule has 0 saturated carbocycles. The minimum atomic E-state index is -1.24. The van der Waals surface area contributed by atoms with E-state index in [4.69, 9.17) is 14.2 Å². The second-order valence-corrected chi connectivity index (χ2v) is 26.9. The van der Waals surface area contributed by atoms with Crippen molar-refractivity contribution in [3.05, 3.63) is 278 Å². The molecule has 0 spiro atoms. The summed E-state index contributed by atoms with van der Waals surface area (Å²) in [5, 5.41) is 105. The number of aromatic hydroxyl groups is 9. The summed E-state index contributed by atoms with van der Waals surface area (Å²) in [6, 6.07) is 41.9. The number of rotatable bonds is 17. The molecule has 10 aromatic carbocycles. The molecule has 10 rings (SSSR count). The van der Waals surface area contributed by atoms with Gasteiger partial charge in [-0.1, -0.05) is 74.5 Å². The highest BCUT2D eigenvalue weighted by atomic mass is 16.5. The quantitative estimate of drug-likeness (QED) is 0.0390. The van der Waals surface area contributed by atoms with Crippen molar-refractivity contribution < 1.29 is 60.2 Å². The van der Waals surface area contributed by atoms with Crippen molar-refractivity contribution in [2.45, 2.75) is 132 Å². The molecule has 0 atom stereocenters. The molecule has 10 aromatic rings. The molecule has 0 amide bonds. The van der Waals surface area contributed by atoms with E-state index in [1.54, 1.807) is 36.4 Å². The van der Waals surface area contributed by atoms with Gasteiger partial charge in [-0.15, -0.1) is 0 Å². The maximum atomic E-state index is 12.9. The zero-order valence-electron chi connectivity index (χ0n) is 57.7. The monoisotopic (exact) mass is 1280 g/mol. The molecule has 0 unspecified atom stereocenters. The van der Waals surface area contributed by atoms with Crippen LogP contribution in [0.15, 0.2) is 133 Å². The van der Waals surface area contributed by atoms with Gasteiger partial charge in [-0.2, -0.15) is 0 Å². The summed E-state index contributed by atoms with van der Waals surface area (Å²) >= 11 is 0. The topological polar surface area (TPSA) is 210 Å². The number of phenolic OH excluding ortho intramolecular Hbond substituents is 9. The van der Waals surface area contributed by atoms with Gasteiger partial charge in [-0.3, -0.25) is 0 Å². The van der Waals surface area contributed by atoms with Gasteiger partial charge < -0.3 is 60.2 Å². The molecule has 0 aliphatic heterocycles. The van der Waals surface area contributed by atoms with Crippen LogP contribution in [0.5, 0.6) is 69.0 Å². The van der Waals surface area contributed by atoms with Crippen LogP contribution in [0.1, 0.15) is 183 Å². The van der Waals surface area contributed by atoms with Gasteiger partial charge in [0.15, 0.2) is 34.5 Å². The molecular weight excluding hydrogens is 1190 g/mol. The lowest BCUT2D eigenvalue weighted by Crippen LogP contribution is -2.27. The summed E-state index contributed by atoms with van der Waals surface area (Å²) in [5.74, 6) is -0.842. The third-order valence-electron chi connectivity index (χ3n) is 20.3. The average Bonchev–Trinajstić information content (AvgIpc) is 0.737. The van der Waals surface area contributed by atoms with Gasteiger partial charge >= 0.3 is 0 Å². The predicted octanol–water partition coefficient (Wildman–Crippen LogP) is 18.0. The molecule has 0 aliphatic carbocycles. The van der Waals surface area contributed by atoms with E-state index in [0.717, 1.165) is 83.5 Å². The van der Waals surface area contributed by atoms with E-state index in [2.05, 4.69) is 45.0 Å². The number of phenols is 9. The van der Waals surface area contributed by atoms with Gasteiger partial charge in [-0.05, 0) is 291 Å². The van der Waals surface area contributed by atoms with Crippen LogP contribution >= 0.6 is 0 Å². The Morgan fingerprint density at radius 2 is 0.453 bits per heavy atom. The standard InChI is InChI=1S/C83H88O12/c1-41-29-67(84)47(7)23-58(41)76(59-24-48(8)68(85)30-42(59)2)64-35-55(38-73(93-16)79(64)90)82(13,14)53-19-21-54(22-20-53)83(15,56-36-65(80(91)74(39-56)94-17)77(60-25-49(9)69(86)31-43(60)3)61-26-50(10)70(87)32-44(61)4)57-37-66(81(92)75(40-57)95-18)78(62-27-51(11)71(88)33-45(62)5)63-28-52(12)72(89)34-46(63)6/h19-40,76-78,84-92H,1-18H3. The maximum absolute atomic E-state index is 12.9. The Morgan fingerprint density at radius 1 is 0.242 bits per heavy atom. The third-order valence-corrected chi connectivity index (χ3v) is 20.3. The smallest absolute Gasteiger partial charge is 0.161 e. The van der Waals surface area contributed by atoms with Crippen molar-refractivity contribution in [1.29, 1.82) is 0 Å².